The Morgan fingerprint density at radius 1 is 1.26 bits per heavy atom. The maximum absolute atomic E-state index is 13.2. The van der Waals surface area contributed by atoms with Crippen molar-refractivity contribution in [1.29, 1.82) is 0 Å². The first-order valence-corrected chi connectivity index (χ1v) is 12.9. The van der Waals surface area contributed by atoms with Gasteiger partial charge >= 0.3 is 0 Å². The molecule has 7 nitrogen and oxygen atoms in total. The number of hydrogen-bond donors (Lipinski definition) is 2. The largest absolute Gasteiger partial charge is 0.508 e. The predicted molar refractivity (Wildman–Crippen MR) is 139 cm³/mol. The average Bonchev–Trinajstić information content (AvgIpc) is 3.44. The van der Waals surface area contributed by atoms with Crippen molar-refractivity contribution in [3.63, 3.8) is 0 Å². The Hall–Kier alpha value is -2.61. The molecule has 1 saturated heterocycles. The van der Waals surface area contributed by atoms with E-state index < -0.39 is 11.4 Å². The molecule has 5 rings (SSSR count). The van der Waals surface area contributed by atoms with Gasteiger partial charge in [0.1, 0.15) is 23.0 Å². The number of hydrogen-bond acceptors (Lipinski definition) is 5. The van der Waals surface area contributed by atoms with Crippen molar-refractivity contribution in [1.82, 2.24) is 24.6 Å². The Bertz CT molecular complexity index is 1370. The van der Waals surface area contributed by atoms with Crippen molar-refractivity contribution < 1.29 is 5.11 Å². The van der Waals surface area contributed by atoms with Gasteiger partial charge in [-0.05, 0) is 49.6 Å². The summed E-state index contributed by atoms with van der Waals surface area (Å²) >= 11 is 13.1. The van der Waals surface area contributed by atoms with Gasteiger partial charge in [0.05, 0.1) is 11.1 Å². The molecule has 1 aliphatic heterocycles. The second-order valence-electron chi connectivity index (χ2n) is 9.64. The van der Waals surface area contributed by atoms with E-state index in [4.69, 9.17) is 33.3 Å². The van der Waals surface area contributed by atoms with Gasteiger partial charge in [-0.3, -0.25) is 9.69 Å². The SMILES string of the molecule is CC(C)c1nn(C2C(Cl)=CC=CC2Cl)c2nc(Cc3ccc(CN4CCCC4)c(O)c3)[nH]c(=O)c12. The lowest BCUT2D eigenvalue weighted by molar-refractivity contribution is 0.324. The topological polar surface area (TPSA) is 87.0 Å². The molecule has 1 aromatic carbocycles. The highest BCUT2D eigenvalue weighted by Gasteiger charge is 2.30. The first-order valence-electron chi connectivity index (χ1n) is 12.0. The second kappa shape index (κ2) is 9.80. The lowest BCUT2D eigenvalue weighted by Crippen LogP contribution is -2.23. The minimum atomic E-state index is -0.450. The molecule has 0 spiro atoms. The molecule has 2 atom stereocenters. The van der Waals surface area contributed by atoms with Gasteiger partial charge in [0.15, 0.2) is 5.65 Å². The summed E-state index contributed by atoms with van der Waals surface area (Å²) in [5, 5.41) is 15.9. The number of likely N-dealkylation sites (tertiary alicyclic amines) is 1. The number of fused-ring (bicyclic) bond motifs is 1. The molecule has 3 heterocycles. The molecule has 184 valence electrons. The van der Waals surface area contributed by atoms with E-state index in [1.165, 1.54) is 12.8 Å². The smallest absolute Gasteiger partial charge is 0.262 e. The molecule has 0 amide bonds. The molecule has 35 heavy (non-hydrogen) atoms. The van der Waals surface area contributed by atoms with E-state index in [9.17, 15) is 9.90 Å². The summed E-state index contributed by atoms with van der Waals surface area (Å²) in [7, 11) is 0. The van der Waals surface area contributed by atoms with Gasteiger partial charge in [-0.25, -0.2) is 9.67 Å². The highest BCUT2D eigenvalue weighted by Crippen LogP contribution is 2.35. The lowest BCUT2D eigenvalue weighted by atomic mass is 10.1. The van der Waals surface area contributed by atoms with Crippen LogP contribution >= 0.6 is 23.2 Å². The molecule has 2 aliphatic rings. The highest BCUT2D eigenvalue weighted by molar-refractivity contribution is 6.32. The number of rotatable bonds is 6. The van der Waals surface area contributed by atoms with Crippen LogP contribution in [0.15, 0.2) is 46.3 Å². The number of nitrogens with zero attached hydrogens (tertiary/aromatic N) is 4. The van der Waals surface area contributed by atoms with Crippen molar-refractivity contribution in [2.45, 2.75) is 57.0 Å². The third-order valence-corrected chi connectivity index (χ3v) is 7.43. The number of benzene rings is 1. The second-order valence-corrected chi connectivity index (χ2v) is 10.6. The minimum absolute atomic E-state index is 0.0169. The maximum Gasteiger partial charge on any atom is 0.262 e. The molecular weight excluding hydrogens is 485 g/mol. The molecule has 2 unspecified atom stereocenters. The zero-order valence-electron chi connectivity index (χ0n) is 19.8. The summed E-state index contributed by atoms with van der Waals surface area (Å²) in [4.78, 5) is 23.3. The molecule has 1 fully saturated rings. The molecule has 9 heteroatoms. The number of phenols is 1. The van der Waals surface area contributed by atoms with Gasteiger partial charge in [-0.2, -0.15) is 5.10 Å². The van der Waals surface area contributed by atoms with Crippen LogP contribution in [0.1, 0.15) is 61.3 Å². The summed E-state index contributed by atoms with van der Waals surface area (Å²) in [5.41, 5.74) is 2.64. The van der Waals surface area contributed by atoms with Gasteiger partial charge in [-0.1, -0.05) is 49.7 Å². The number of aromatic hydroxyl groups is 1. The molecule has 1 aliphatic carbocycles. The Morgan fingerprint density at radius 3 is 2.71 bits per heavy atom. The van der Waals surface area contributed by atoms with Crippen LogP contribution in [-0.4, -0.2) is 48.2 Å². The molecular formula is C26H29Cl2N5O2. The fourth-order valence-electron chi connectivity index (χ4n) is 4.89. The van der Waals surface area contributed by atoms with Crippen LogP contribution in [0.25, 0.3) is 11.0 Å². The summed E-state index contributed by atoms with van der Waals surface area (Å²) in [5.74, 6) is 0.771. The molecule has 2 N–H and O–H groups in total. The Morgan fingerprint density at radius 2 is 2.03 bits per heavy atom. The van der Waals surface area contributed by atoms with E-state index in [-0.39, 0.29) is 17.2 Å². The third kappa shape index (κ3) is 4.77. The molecule has 3 aromatic rings. The van der Waals surface area contributed by atoms with E-state index in [0.717, 1.165) is 30.8 Å². The van der Waals surface area contributed by atoms with Crippen molar-refractivity contribution in [2.75, 3.05) is 13.1 Å². The third-order valence-electron chi connectivity index (χ3n) is 6.70. The quantitative estimate of drug-likeness (QED) is 0.454. The van der Waals surface area contributed by atoms with E-state index in [0.29, 0.717) is 34.0 Å². The van der Waals surface area contributed by atoms with Gasteiger partial charge in [-0.15, -0.1) is 11.6 Å². The zero-order valence-corrected chi connectivity index (χ0v) is 21.4. The number of phenolic OH excluding ortho intramolecular Hbond substituents is 1. The van der Waals surface area contributed by atoms with Crippen molar-refractivity contribution in [2.24, 2.45) is 0 Å². The van der Waals surface area contributed by atoms with Gasteiger partial charge in [0, 0.05) is 23.6 Å². The number of aromatic amines is 1. The fourth-order valence-corrected chi connectivity index (χ4v) is 5.58. The lowest BCUT2D eigenvalue weighted by Gasteiger charge is -2.23. The standard InChI is InChI=1S/C26H29Cl2N5O2/c1-15(2)23-22-25(33(31-23)24-18(27)6-5-7-19(24)28)29-21(30-26(22)35)13-16-8-9-17(20(34)12-16)14-32-10-3-4-11-32/h5-9,12,15,18,24,34H,3-4,10-11,13-14H2,1-2H3,(H,29,30,35). The van der Waals surface area contributed by atoms with Crippen LogP contribution in [0.5, 0.6) is 5.75 Å². The summed E-state index contributed by atoms with van der Waals surface area (Å²) < 4.78 is 1.68. The van der Waals surface area contributed by atoms with E-state index in [1.807, 2.05) is 38.1 Å². The average molecular weight is 514 g/mol. The van der Waals surface area contributed by atoms with Gasteiger partial charge < -0.3 is 10.1 Å². The van der Waals surface area contributed by atoms with Gasteiger partial charge in [0.25, 0.3) is 5.56 Å². The van der Waals surface area contributed by atoms with Crippen LogP contribution in [0.4, 0.5) is 0 Å². The van der Waals surface area contributed by atoms with Crippen molar-refractivity contribution >= 4 is 34.2 Å². The molecule has 0 radical (unpaired) electrons. The monoisotopic (exact) mass is 513 g/mol. The normalized spacial score (nSPS) is 20.8. The number of alkyl halides is 1. The highest BCUT2D eigenvalue weighted by atomic mass is 35.5. The number of allylic oxidation sites excluding steroid dienone is 4. The predicted octanol–water partition coefficient (Wildman–Crippen LogP) is 4.98. The van der Waals surface area contributed by atoms with Crippen LogP contribution in [0, 0.1) is 0 Å². The number of aromatic nitrogens is 4. The number of nitrogens with one attached hydrogen (secondary N) is 1. The van der Waals surface area contributed by atoms with Crippen LogP contribution < -0.4 is 5.56 Å². The summed E-state index contributed by atoms with van der Waals surface area (Å²) in [6.45, 7) is 6.85. The fraction of sp³-hybridized carbons (Fsp3) is 0.423. The minimum Gasteiger partial charge on any atom is -0.508 e. The van der Waals surface area contributed by atoms with Crippen LogP contribution in [0.2, 0.25) is 0 Å². The first kappa shape index (κ1) is 24.1. The number of halogens is 2. The summed E-state index contributed by atoms with van der Waals surface area (Å²) in [6.07, 6.45) is 8.23. The molecule has 2 aromatic heterocycles. The van der Waals surface area contributed by atoms with Crippen molar-refractivity contribution in [3.05, 3.63) is 74.5 Å². The van der Waals surface area contributed by atoms with E-state index in [1.54, 1.807) is 16.8 Å². The molecule has 0 bridgehead atoms. The van der Waals surface area contributed by atoms with Crippen LogP contribution in [0.3, 0.4) is 0 Å². The van der Waals surface area contributed by atoms with Crippen LogP contribution in [-0.2, 0) is 13.0 Å². The zero-order chi connectivity index (χ0) is 24.7. The Labute approximate surface area is 214 Å². The Kier molecular flexibility index (Phi) is 6.75. The Balaban J connectivity index is 1.51. The maximum atomic E-state index is 13.2. The van der Waals surface area contributed by atoms with E-state index in [2.05, 4.69) is 9.88 Å². The summed E-state index contributed by atoms with van der Waals surface area (Å²) in [6, 6.07) is 5.24. The number of H-pyrrole nitrogens is 1. The molecule has 0 saturated carbocycles. The van der Waals surface area contributed by atoms with E-state index >= 15 is 0 Å². The first-order chi connectivity index (χ1) is 16.8. The van der Waals surface area contributed by atoms with Gasteiger partial charge in [0.2, 0.25) is 0 Å². The van der Waals surface area contributed by atoms with Crippen molar-refractivity contribution in [3.8, 4) is 5.75 Å².